The molecule has 3 aromatic rings. The number of nitrogens with zero attached hydrogens (tertiary/aromatic N) is 5. The minimum atomic E-state index is -0.301. The van der Waals surface area contributed by atoms with Gasteiger partial charge in [-0.25, -0.2) is 9.97 Å². The van der Waals surface area contributed by atoms with E-state index in [0.29, 0.717) is 24.6 Å². The highest BCUT2D eigenvalue weighted by molar-refractivity contribution is 5.97. The molecule has 1 aliphatic heterocycles. The molecule has 0 saturated carbocycles. The molecule has 1 amide bonds. The number of aryl methyl sites for hydroxylation is 1. The van der Waals surface area contributed by atoms with Crippen molar-refractivity contribution in [1.29, 1.82) is 0 Å². The molecule has 3 aromatic heterocycles. The van der Waals surface area contributed by atoms with Gasteiger partial charge in [0.25, 0.3) is 5.91 Å². The lowest BCUT2D eigenvalue weighted by Crippen LogP contribution is -2.45. The highest BCUT2D eigenvalue weighted by Gasteiger charge is 2.32. The Morgan fingerprint density at radius 3 is 3.00 bits per heavy atom. The van der Waals surface area contributed by atoms with E-state index >= 15 is 0 Å². The van der Waals surface area contributed by atoms with Gasteiger partial charge in [0.05, 0.1) is 31.6 Å². The smallest absolute Gasteiger partial charge is 0.274 e. The number of aromatic nitrogens is 5. The number of amides is 1. The first-order valence-electron chi connectivity index (χ1n) is 8.10. The molecule has 0 unspecified atom stereocenters. The fraction of sp³-hybridized carbons (Fsp3) is 0.375. The van der Waals surface area contributed by atoms with Crippen molar-refractivity contribution in [3.8, 4) is 5.75 Å². The van der Waals surface area contributed by atoms with Gasteiger partial charge >= 0.3 is 0 Å². The van der Waals surface area contributed by atoms with Crippen molar-refractivity contribution in [2.45, 2.75) is 25.6 Å². The van der Waals surface area contributed by atoms with Gasteiger partial charge in [0.15, 0.2) is 17.1 Å². The molecule has 1 aliphatic rings. The molecule has 4 rings (SSSR count). The van der Waals surface area contributed by atoms with Crippen molar-refractivity contribution in [2.75, 3.05) is 13.2 Å². The quantitative estimate of drug-likeness (QED) is 0.726. The van der Waals surface area contributed by atoms with Crippen LogP contribution in [0.2, 0.25) is 0 Å². The van der Waals surface area contributed by atoms with Crippen LogP contribution in [0.3, 0.4) is 0 Å². The molecule has 2 atom stereocenters. The Hall–Kier alpha value is -2.94. The SMILES string of the molecule is CCn1cc(O[C@@H]2COC[C@@H]2NC(=O)c2nccn3ccnc23)cn1. The van der Waals surface area contributed by atoms with Crippen molar-refractivity contribution in [1.82, 2.24) is 29.5 Å². The van der Waals surface area contributed by atoms with Gasteiger partial charge in [0, 0.05) is 31.3 Å². The molecule has 25 heavy (non-hydrogen) atoms. The van der Waals surface area contributed by atoms with Gasteiger partial charge < -0.3 is 19.2 Å². The number of rotatable bonds is 5. The molecule has 9 nitrogen and oxygen atoms in total. The lowest BCUT2D eigenvalue weighted by atomic mass is 10.2. The molecule has 1 fully saturated rings. The summed E-state index contributed by atoms with van der Waals surface area (Å²) in [5, 5.41) is 7.12. The first-order chi connectivity index (χ1) is 12.2. The monoisotopic (exact) mass is 342 g/mol. The standard InChI is InChI=1S/C16H18N6O3/c1-2-22-8-11(7-19-22)25-13-10-24-9-12(13)20-16(23)14-15-18-4-6-21(15)5-3-17-14/h3-8,12-13H,2,9-10H2,1H3,(H,20,23)/t12-,13+/m0/s1. The minimum Gasteiger partial charge on any atom is -0.482 e. The normalized spacial score (nSPS) is 20.0. The third-order valence-electron chi connectivity index (χ3n) is 4.09. The van der Waals surface area contributed by atoms with E-state index in [-0.39, 0.29) is 23.7 Å². The summed E-state index contributed by atoms with van der Waals surface area (Å²) in [6, 6.07) is -0.269. The molecule has 0 aliphatic carbocycles. The molecule has 0 spiro atoms. The molecular weight excluding hydrogens is 324 g/mol. The number of carbonyl (C=O) groups is 1. The Kier molecular flexibility index (Phi) is 4.06. The number of ether oxygens (including phenoxy) is 2. The average molecular weight is 342 g/mol. The second-order valence-electron chi connectivity index (χ2n) is 5.74. The van der Waals surface area contributed by atoms with Gasteiger partial charge in [-0.05, 0) is 6.92 Å². The summed E-state index contributed by atoms with van der Waals surface area (Å²) >= 11 is 0. The molecule has 9 heteroatoms. The Balaban J connectivity index is 1.47. The van der Waals surface area contributed by atoms with Crippen molar-refractivity contribution >= 4 is 11.6 Å². The van der Waals surface area contributed by atoms with Crippen LogP contribution in [-0.2, 0) is 11.3 Å². The number of hydrogen-bond donors (Lipinski definition) is 1. The van der Waals surface area contributed by atoms with Crippen LogP contribution < -0.4 is 10.1 Å². The summed E-state index contributed by atoms with van der Waals surface area (Å²) in [5.74, 6) is 0.357. The maximum absolute atomic E-state index is 12.6. The molecule has 1 N–H and O–H groups in total. The third-order valence-corrected chi connectivity index (χ3v) is 4.09. The summed E-state index contributed by atoms with van der Waals surface area (Å²) < 4.78 is 14.9. The lowest BCUT2D eigenvalue weighted by molar-refractivity contribution is 0.0900. The van der Waals surface area contributed by atoms with Gasteiger partial charge in [0.1, 0.15) is 6.10 Å². The summed E-state index contributed by atoms with van der Waals surface area (Å²) in [5.41, 5.74) is 0.789. The largest absolute Gasteiger partial charge is 0.482 e. The first kappa shape index (κ1) is 15.6. The fourth-order valence-electron chi connectivity index (χ4n) is 2.79. The van der Waals surface area contributed by atoms with Gasteiger partial charge in [-0.15, -0.1) is 0 Å². The molecule has 4 heterocycles. The molecule has 0 radical (unpaired) electrons. The maximum Gasteiger partial charge on any atom is 0.274 e. The highest BCUT2D eigenvalue weighted by Crippen LogP contribution is 2.17. The Morgan fingerprint density at radius 2 is 2.20 bits per heavy atom. The predicted molar refractivity (Wildman–Crippen MR) is 87.4 cm³/mol. The number of imidazole rings is 1. The van der Waals surface area contributed by atoms with Crippen molar-refractivity contribution in [3.63, 3.8) is 0 Å². The van der Waals surface area contributed by atoms with E-state index in [0.717, 1.165) is 6.54 Å². The first-order valence-corrected chi connectivity index (χ1v) is 8.10. The van der Waals surface area contributed by atoms with Crippen LogP contribution in [0.5, 0.6) is 5.75 Å². The number of fused-ring (bicyclic) bond motifs is 1. The van der Waals surface area contributed by atoms with E-state index < -0.39 is 0 Å². The van der Waals surface area contributed by atoms with Crippen molar-refractivity contribution in [3.05, 3.63) is 42.9 Å². The van der Waals surface area contributed by atoms with E-state index in [1.807, 2.05) is 13.1 Å². The van der Waals surface area contributed by atoms with Crippen molar-refractivity contribution < 1.29 is 14.3 Å². The second kappa shape index (κ2) is 6.52. The molecule has 1 saturated heterocycles. The number of nitrogens with one attached hydrogen (secondary N) is 1. The Morgan fingerprint density at radius 1 is 1.36 bits per heavy atom. The van der Waals surface area contributed by atoms with Gasteiger partial charge in [-0.3, -0.25) is 9.48 Å². The molecule has 0 bridgehead atoms. The molecular formula is C16H18N6O3. The van der Waals surface area contributed by atoms with Crippen LogP contribution in [0.25, 0.3) is 5.65 Å². The summed E-state index contributed by atoms with van der Waals surface area (Å²) in [6.07, 6.45) is 9.92. The fourth-order valence-corrected chi connectivity index (χ4v) is 2.79. The zero-order valence-electron chi connectivity index (χ0n) is 13.7. The van der Waals surface area contributed by atoms with Gasteiger partial charge in [-0.1, -0.05) is 0 Å². The summed E-state index contributed by atoms with van der Waals surface area (Å²) in [4.78, 5) is 20.9. The topological polar surface area (TPSA) is 95.6 Å². The average Bonchev–Trinajstić information content (AvgIpc) is 3.35. The molecule has 130 valence electrons. The van der Waals surface area contributed by atoms with Crippen molar-refractivity contribution in [2.24, 2.45) is 0 Å². The third kappa shape index (κ3) is 3.05. The van der Waals surface area contributed by atoms with Crippen LogP contribution in [0, 0.1) is 0 Å². The van der Waals surface area contributed by atoms with Crippen LogP contribution in [0.15, 0.2) is 37.2 Å². The summed E-state index contributed by atoms with van der Waals surface area (Å²) in [7, 11) is 0. The van der Waals surface area contributed by atoms with E-state index in [4.69, 9.17) is 9.47 Å². The number of carbonyl (C=O) groups excluding carboxylic acids is 1. The van der Waals surface area contributed by atoms with Crippen LogP contribution in [0.1, 0.15) is 17.4 Å². The minimum absolute atomic E-state index is 0.269. The highest BCUT2D eigenvalue weighted by atomic mass is 16.5. The Labute approximate surface area is 143 Å². The summed E-state index contributed by atoms with van der Waals surface area (Å²) in [6.45, 7) is 3.56. The Bertz CT molecular complexity index is 889. The van der Waals surface area contributed by atoms with E-state index in [1.165, 1.54) is 0 Å². The lowest BCUT2D eigenvalue weighted by Gasteiger charge is -2.19. The van der Waals surface area contributed by atoms with Crippen LogP contribution in [-0.4, -0.2) is 55.4 Å². The molecule has 0 aromatic carbocycles. The van der Waals surface area contributed by atoms with E-state index in [1.54, 1.807) is 40.1 Å². The maximum atomic E-state index is 12.6. The zero-order valence-corrected chi connectivity index (χ0v) is 13.7. The number of hydrogen-bond acceptors (Lipinski definition) is 6. The predicted octanol–water partition coefficient (Wildman–Crippen LogP) is 0.522. The van der Waals surface area contributed by atoms with Crippen LogP contribution >= 0.6 is 0 Å². The zero-order chi connectivity index (χ0) is 17.2. The second-order valence-corrected chi connectivity index (χ2v) is 5.74. The van der Waals surface area contributed by atoms with E-state index in [9.17, 15) is 4.79 Å². The van der Waals surface area contributed by atoms with Gasteiger partial charge in [-0.2, -0.15) is 5.10 Å². The van der Waals surface area contributed by atoms with Gasteiger partial charge in [0.2, 0.25) is 0 Å². The van der Waals surface area contributed by atoms with Crippen LogP contribution in [0.4, 0.5) is 0 Å². The van der Waals surface area contributed by atoms with E-state index in [2.05, 4.69) is 20.4 Å².